The molecule has 0 bridgehead atoms. The molecule has 46 heavy (non-hydrogen) atoms. The van der Waals surface area contributed by atoms with Crippen LogP contribution in [0.1, 0.15) is 32.6 Å². The molecule has 1 amide bonds. The number of sulfonamides is 1. The van der Waals surface area contributed by atoms with Crippen molar-refractivity contribution in [3.05, 3.63) is 154 Å². The number of hydrogen-bond donors (Lipinski definition) is 1. The largest absolute Gasteiger partial charge is 0.493 e. The van der Waals surface area contributed by atoms with Gasteiger partial charge < -0.3 is 9.47 Å². The van der Waals surface area contributed by atoms with E-state index in [1.165, 1.54) is 10.5 Å². The predicted octanol–water partition coefficient (Wildman–Crippen LogP) is 7.40. The maximum Gasteiger partial charge on any atom is 0.271 e. The predicted molar refractivity (Wildman–Crippen MR) is 181 cm³/mol. The van der Waals surface area contributed by atoms with E-state index in [1.807, 2.05) is 43.3 Å². The maximum atomic E-state index is 13.7. The Morgan fingerprint density at radius 3 is 2.24 bits per heavy atom. The number of hydrogen-bond acceptors (Lipinski definition) is 6. The van der Waals surface area contributed by atoms with Crippen LogP contribution < -0.4 is 19.2 Å². The number of ether oxygens (including phenoxy) is 2. The van der Waals surface area contributed by atoms with Crippen molar-refractivity contribution in [2.45, 2.75) is 25.0 Å². The molecule has 10 heteroatoms. The van der Waals surface area contributed by atoms with Gasteiger partial charge >= 0.3 is 0 Å². The molecule has 0 fully saturated rings. The Morgan fingerprint density at radius 1 is 0.848 bits per heavy atom. The molecule has 0 aromatic heterocycles. The number of nitrogens with one attached hydrogen (secondary N) is 1. The minimum Gasteiger partial charge on any atom is -0.493 e. The molecule has 0 saturated carbocycles. The Bertz CT molecular complexity index is 1930. The maximum absolute atomic E-state index is 13.7. The topological polar surface area (TPSA) is 97.3 Å². The van der Waals surface area contributed by atoms with Gasteiger partial charge in [0.25, 0.3) is 15.9 Å². The van der Waals surface area contributed by atoms with Gasteiger partial charge in [-0.1, -0.05) is 78.3 Å². The van der Waals surface area contributed by atoms with Crippen LogP contribution in [0.15, 0.2) is 131 Å². The van der Waals surface area contributed by atoms with Gasteiger partial charge in [0.2, 0.25) is 0 Å². The van der Waals surface area contributed by atoms with Crippen molar-refractivity contribution < 1.29 is 22.7 Å². The van der Waals surface area contributed by atoms with Crippen molar-refractivity contribution in [3.63, 3.8) is 0 Å². The molecule has 0 saturated heterocycles. The fourth-order valence-corrected chi connectivity index (χ4v) is 6.34. The van der Waals surface area contributed by atoms with Crippen LogP contribution in [0.3, 0.4) is 0 Å². The zero-order chi connectivity index (χ0) is 32.5. The van der Waals surface area contributed by atoms with Crippen LogP contribution in [-0.2, 0) is 23.2 Å². The Hall–Kier alpha value is -5.12. The second-order valence-corrected chi connectivity index (χ2v) is 12.6. The average Bonchev–Trinajstić information content (AvgIpc) is 3.08. The van der Waals surface area contributed by atoms with E-state index in [-0.39, 0.29) is 11.4 Å². The summed E-state index contributed by atoms with van der Waals surface area (Å²) in [4.78, 5) is 13.0. The van der Waals surface area contributed by atoms with Crippen LogP contribution in [-0.4, -0.2) is 27.6 Å². The number of nitrogens with zero attached hydrogens (tertiary/aromatic N) is 2. The standard InChI is InChI=1S/C36H32ClN3O5S/c1-26-13-19-31(37)22-33(26)40(46(42,43)32-11-7-4-8-12-32)24-27-14-17-30(18-15-27)36(41)39-38-23-29-16-20-34(35(21-29)44-2)45-25-28-9-5-3-6-10-28/h3-23H,24-25H2,1-2H3,(H,39,41)/b38-23-. The molecule has 0 heterocycles. The minimum atomic E-state index is -3.92. The van der Waals surface area contributed by atoms with E-state index in [9.17, 15) is 13.2 Å². The lowest BCUT2D eigenvalue weighted by Gasteiger charge is -2.26. The lowest BCUT2D eigenvalue weighted by molar-refractivity contribution is 0.0955. The van der Waals surface area contributed by atoms with Crippen molar-refractivity contribution in [2.24, 2.45) is 5.10 Å². The second kappa shape index (κ2) is 14.8. The lowest BCUT2D eigenvalue weighted by Crippen LogP contribution is -2.31. The monoisotopic (exact) mass is 653 g/mol. The lowest BCUT2D eigenvalue weighted by atomic mass is 10.1. The summed E-state index contributed by atoms with van der Waals surface area (Å²) >= 11 is 6.26. The summed E-state index contributed by atoms with van der Waals surface area (Å²) in [6, 6.07) is 35.2. The van der Waals surface area contributed by atoms with Crippen LogP contribution in [0, 0.1) is 6.92 Å². The number of benzene rings is 5. The molecule has 1 N–H and O–H groups in total. The van der Waals surface area contributed by atoms with Crippen molar-refractivity contribution in [1.82, 2.24) is 5.43 Å². The van der Waals surface area contributed by atoms with Gasteiger partial charge in [0.15, 0.2) is 11.5 Å². The van der Waals surface area contributed by atoms with Crippen LogP contribution in [0.2, 0.25) is 5.02 Å². The molecule has 0 aliphatic heterocycles. The third kappa shape index (κ3) is 7.93. The van der Waals surface area contributed by atoms with Crippen molar-refractivity contribution in [3.8, 4) is 11.5 Å². The molecule has 8 nitrogen and oxygen atoms in total. The van der Waals surface area contributed by atoms with Crippen molar-refractivity contribution >= 4 is 39.4 Å². The second-order valence-electron chi connectivity index (χ2n) is 10.3. The molecule has 234 valence electrons. The first-order valence-corrected chi connectivity index (χ1v) is 16.2. The number of methoxy groups -OCH3 is 1. The summed E-state index contributed by atoms with van der Waals surface area (Å²) < 4.78 is 40.2. The van der Waals surface area contributed by atoms with Gasteiger partial charge in [-0.25, -0.2) is 13.8 Å². The molecule has 0 spiro atoms. The van der Waals surface area contributed by atoms with E-state index >= 15 is 0 Å². The highest BCUT2D eigenvalue weighted by Gasteiger charge is 2.26. The summed E-state index contributed by atoms with van der Waals surface area (Å²) in [5.74, 6) is 0.711. The van der Waals surface area contributed by atoms with Gasteiger partial charge in [-0.3, -0.25) is 9.10 Å². The molecule has 5 aromatic rings. The third-order valence-corrected chi connectivity index (χ3v) is 9.13. The fourth-order valence-electron chi connectivity index (χ4n) is 4.65. The van der Waals surface area contributed by atoms with Gasteiger partial charge in [0.05, 0.1) is 30.5 Å². The van der Waals surface area contributed by atoms with Crippen molar-refractivity contribution in [1.29, 1.82) is 0 Å². The zero-order valence-electron chi connectivity index (χ0n) is 25.3. The van der Waals surface area contributed by atoms with E-state index in [2.05, 4.69) is 10.5 Å². The average molecular weight is 654 g/mol. The van der Waals surface area contributed by atoms with Gasteiger partial charge in [-0.05, 0) is 83.8 Å². The highest BCUT2D eigenvalue weighted by molar-refractivity contribution is 7.92. The van der Waals surface area contributed by atoms with E-state index in [1.54, 1.807) is 92.0 Å². The Morgan fingerprint density at radius 2 is 1.54 bits per heavy atom. The summed E-state index contributed by atoms with van der Waals surface area (Å²) in [6.07, 6.45) is 1.51. The molecule has 0 radical (unpaired) electrons. The van der Waals surface area contributed by atoms with E-state index in [4.69, 9.17) is 21.1 Å². The molecule has 0 aliphatic carbocycles. The zero-order valence-corrected chi connectivity index (χ0v) is 26.8. The van der Waals surface area contributed by atoms with Gasteiger partial charge in [0, 0.05) is 10.6 Å². The first kappa shape index (κ1) is 32.3. The number of rotatable bonds is 12. The van der Waals surface area contributed by atoms with Crippen LogP contribution in [0.4, 0.5) is 5.69 Å². The number of halogens is 1. The Labute approximate surface area is 273 Å². The molecule has 5 rings (SSSR count). The molecule has 0 atom stereocenters. The first-order valence-electron chi connectivity index (χ1n) is 14.4. The van der Waals surface area contributed by atoms with Crippen LogP contribution in [0.5, 0.6) is 11.5 Å². The molecule has 0 unspecified atom stereocenters. The number of carbonyl (C=O) groups is 1. The number of aryl methyl sites for hydroxylation is 1. The fraction of sp³-hybridized carbons (Fsp3) is 0.111. The number of hydrazone groups is 1. The molecule has 5 aromatic carbocycles. The van der Waals surface area contributed by atoms with Crippen molar-refractivity contribution in [2.75, 3.05) is 11.4 Å². The molecular formula is C36H32ClN3O5S. The van der Waals surface area contributed by atoms with Gasteiger partial charge in [-0.2, -0.15) is 5.10 Å². The molecule has 0 aliphatic rings. The smallest absolute Gasteiger partial charge is 0.271 e. The quantitative estimate of drug-likeness (QED) is 0.112. The van der Waals surface area contributed by atoms with Crippen LogP contribution in [0.25, 0.3) is 0 Å². The van der Waals surface area contributed by atoms with Gasteiger partial charge in [-0.15, -0.1) is 0 Å². The van der Waals surface area contributed by atoms with E-state index in [0.717, 1.165) is 11.1 Å². The SMILES string of the molecule is COc1cc(/C=N\NC(=O)c2ccc(CN(c3cc(Cl)ccc3C)S(=O)(=O)c3ccccc3)cc2)ccc1OCc1ccccc1. The first-order chi connectivity index (χ1) is 22.2. The van der Waals surface area contributed by atoms with Gasteiger partial charge in [0.1, 0.15) is 6.61 Å². The van der Waals surface area contributed by atoms with E-state index in [0.29, 0.717) is 45.5 Å². The third-order valence-electron chi connectivity index (χ3n) is 7.12. The van der Waals surface area contributed by atoms with Crippen LogP contribution >= 0.6 is 11.6 Å². The highest BCUT2D eigenvalue weighted by atomic mass is 35.5. The highest BCUT2D eigenvalue weighted by Crippen LogP contribution is 2.31. The summed E-state index contributed by atoms with van der Waals surface area (Å²) in [5, 5.41) is 4.51. The molecular weight excluding hydrogens is 622 g/mol. The Kier molecular flexibility index (Phi) is 10.4. The van der Waals surface area contributed by atoms with E-state index < -0.39 is 15.9 Å². The summed E-state index contributed by atoms with van der Waals surface area (Å²) in [5.41, 5.74) is 6.54. The number of carbonyl (C=O) groups excluding carboxylic acids is 1. The summed E-state index contributed by atoms with van der Waals surface area (Å²) in [6.45, 7) is 2.27. The number of anilines is 1. The minimum absolute atomic E-state index is 0.0331. The normalized spacial score (nSPS) is 11.3. The Balaban J connectivity index is 1.26. The summed E-state index contributed by atoms with van der Waals surface area (Å²) in [7, 11) is -2.36. The number of amides is 1.